The molecule has 0 aliphatic rings. The first-order chi connectivity index (χ1) is 30.0. The summed E-state index contributed by atoms with van der Waals surface area (Å²) in [4.78, 5) is 12.9. The van der Waals surface area contributed by atoms with E-state index in [0.717, 1.165) is 24.2 Å². The zero-order valence-electron chi connectivity index (χ0n) is 39.1. The topological polar surface area (TPSA) is 46.4 Å². The third-order valence-corrected chi connectivity index (χ3v) is 12.7. The van der Waals surface area contributed by atoms with Crippen molar-refractivity contribution < 1.29 is 9.31 Å². The highest BCUT2D eigenvalue weighted by atomic mass is 19.1. The van der Waals surface area contributed by atoms with Gasteiger partial charge in [-0.3, -0.25) is 10.1 Å². The molecule has 0 saturated heterocycles. The third kappa shape index (κ3) is 24.7. The van der Waals surface area contributed by atoms with E-state index in [0.29, 0.717) is 5.56 Å². The quantitative estimate of drug-likeness (QED) is 0.0249. The molecule has 0 unspecified atom stereocenters. The lowest BCUT2D eigenvalue weighted by Crippen LogP contribution is -2.25. The summed E-state index contributed by atoms with van der Waals surface area (Å²) in [5.41, 5.74) is 4.76. The zero-order valence-corrected chi connectivity index (χ0v) is 39.1. The van der Waals surface area contributed by atoms with Crippen molar-refractivity contribution in [1.29, 1.82) is 0 Å². The number of nitro groups is 1. The Hall–Kier alpha value is -3.47. The summed E-state index contributed by atoms with van der Waals surface area (Å²) in [5, 5.41) is 10.9. The van der Waals surface area contributed by atoms with Crippen LogP contribution in [0.2, 0.25) is 0 Å². The largest absolute Gasteiger partial charge is 0.372 e. The number of hydrogen-bond acceptors (Lipinski definition) is 3. The molecule has 61 heavy (non-hydrogen) atoms. The van der Waals surface area contributed by atoms with Crippen LogP contribution >= 0.6 is 0 Å². The molecule has 0 spiro atoms. The molecular weight excluding hydrogens is 752 g/mol. The monoisotopic (exact) mass is 839 g/mol. The van der Waals surface area contributed by atoms with Gasteiger partial charge in [0.15, 0.2) is 0 Å². The molecule has 0 bridgehead atoms. The van der Waals surface area contributed by atoms with E-state index in [1.54, 1.807) is 12.1 Å². The van der Waals surface area contributed by atoms with Crippen LogP contribution in [0.4, 0.5) is 15.8 Å². The minimum absolute atomic E-state index is 0.504. The molecule has 3 aromatic carbocycles. The van der Waals surface area contributed by atoms with Crippen LogP contribution in [0.25, 0.3) is 23.3 Å². The van der Waals surface area contributed by atoms with E-state index in [4.69, 9.17) is 0 Å². The second-order valence-corrected chi connectivity index (χ2v) is 18.1. The predicted octanol–water partition coefficient (Wildman–Crippen LogP) is 18.9. The molecule has 0 N–H and O–H groups in total. The highest BCUT2D eigenvalue weighted by Crippen LogP contribution is 2.26. The van der Waals surface area contributed by atoms with Crippen LogP contribution in [0, 0.1) is 15.9 Å². The summed E-state index contributed by atoms with van der Waals surface area (Å²) >= 11 is 0. The van der Waals surface area contributed by atoms with Crippen molar-refractivity contribution in [3.63, 3.8) is 0 Å². The lowest BCUT2D eigenvalue weighted by Gasteiger charge is -2.25. The summed E-state index contributed by atoms with van der Waals surface area (Å²) in [6, 6.07) is 21.5. The maximum atomic E-state index is 14.1. The van der Waals surface area contributed by atoms with Gasteiger partial charge in [0.05, 0.1) is 4.92 Å². The lowest BCUT2D eigenvalue weighted by molar-refractivity contribution is -0.387. The Balaban J connectivity index is 1.39. The summed E-state index contributed by atoms with van der Waals surface area (Å²) in [5.74, 6) is -0.820. The number of unbranched alkanes of at least 4 members (excludes halogenated alkanes) is 30. The van der Waals surface area contributed by atoms with Crippen LogP contribution in [-0.2, 0) is 0 Å². The van der Waals surface area contributed by atoms with Gasteiger partial charge in [-0.05, 0) is 59.4 Å². The molecule has 0 heterocycles. The molecule has 5 heteroatoms. The Morgan fingerprint density at radius 1 is 0.443 bits per heavy atom. The Morgan fingerprint density at radius 3 is 1.10 bits per heavy atom. The maximum Gasteiger partial charge on any atom is 0.304 e. The van der Waals surface area contributed by atoms with Gasteiger partial charge in [0.2, 0.25) is 5.82 Å². The molecule has 0 aromatic heterocycles. The van der Waals surface area contributed by atoms with Crippen molar-refractivity contribution in [2.75, 3.05) is 18.0 Å². The number of hydrogen-bond donors (Lipinski definition) is 0. The minimum Gasteiger partial charge on any atom is -0.372 e. The Kier molecular flexibility index (Phi) is 29.8. The smallest absolute Gasteiger partial charge is 0.304 e. The number of nitrogens with zero attached hydrogens (tertiary/aromatic N) is 2. The van der Waals surface area contributed by atoms with E-state index in [9.17, 15) is 14.5 Å². The molecule has 0 atom stereocenters. The van der Waals surface area contributed by atoms with E-state index in [1.165, 1.54) is 229 Å². The average Bonchev–Trinajstić information content (AvgIpc) is 3.27. The molecule has 4 nitrogen and oxygen atoms in total. The number of halogens is 1. The molecule has 3 aromatic rings. The first-order valence-corrected chi connectivity index (χ1v) is 25.6. The number of benzene rings is 3. The number of anilines is 1. The SMILES string of the molecule is CCCCCCCCCCCCCCCCCCN(CCCCCCCCCCCCCCCCCC)c1ccc(-c2ccc(/C=C/c3ccc([N+](=O)[O-])c(F)c3)cc2)cc1. The summed E-state index contributed by atoms with van der Waals surface area (Å²) in [6.07, 6.45) is 48.5. The van der Waals surface area contributed by atoms with Crippen LogP contribution in [0.3, 0.4) is 0 Å². The van der Waals surface area contributed by atoms with Gasteiger partial charge < -0.3 is 4.90 Å². The summed E-state index contributed by atoms with van der Waals surface area (Å²) in [7, 11) is 0. The van der Waals surface area contributed by atoms with Crippen LogP contribution in [0.1, 0.15) is 230 Å². The maximum absolute atomic E-state index is 14.1. The summed E-state index contributed by atoms with van der Waals surface area (Å²) < 4.78 is 14.1. The van der Waals surface area contributed by atoms with Crippen molar-refractivity contribution in [1.82, 2.24) is 0 Å². The zero-order chi connectivity index (χ0) is 43.4. The Bertz CT molecular complexity index is 1500. The predicted molar refractivity (Wildman–Crippen MR) is 265 cm³/mol. The molecule has 0 aliphatic carbocycles. The Labute approximate surface area is 373 Å². The number of rotatable bonds is 39. The van der Waals surface area contributed by atoms with Gasteiger partial charge in [0, 0.05) is 24.8 Å². The molecule has 0 aliphatic heterocycles. The Morgan fingerprint density at radius 2 is 0.754 bits per heavy atom. The van der Waals surface area contributed by atoms with Crippen molar-refractivity contribution in [2.24, 2.45) is 0 Å². The van der Waals surface area contributed by atoms with E-state index < -0.39 is 16.4 Å². The lowest BCUT2D eigenvalue weighted by atomic mass is 10.0. The molecule has 0 radical (unpaired) electrons. The van der Waals surface area contributed by atoms with E-state index in [1.807, 2.05) is 6.08 Å². The van der Waals surface area contributed by atoms with Gasteiger partial charge in [-0.25, -0.2) is 0 Å². The van der Waals surface area contributed by atoms with Gasteiger partial charge in [-0.15, -0.1) is 0 Å². The van der Waals surface area contributed by atoms with E-state index >= 15 is 0 Å². The fourth-order valence-electron chi connectivity index (χ4n) is 8.69. The normalized spacial score (nSPS) is 11.5. The second-order valence-electron chi connectivity index (χ2n) is 18.1. The third-order valence-electron chi connectivity index (χ3n) is 12.7. The van der Waals surface area contributed by atoms with Crippen LogP contribution in [-0.4, -0.2) is 18.0 Å². The van der Waals surface area contributed by atoms with Crippen molar-refractivity contribution in [2.45, 2.75) is 219 Å². The summed E-state index contributed by atoms with van der Waals surface area (Å²) in [6.45, 7) is 6.86. The molecule has 0 saturated carbocycles. The van der Waals surface area contributed by atoms with Crippen LogP contribution in [0.5, 0.6) is 0 Å². The van der Waals surface area contributed by atoms with Gasteiger partial charge in [-0.2, -0.15) is 4.39 Å². The molecule has 3 rings (SSSR count). The fourth-order valence-corrected chi connectivity index (χ4v) is 8.69. The average molecular weight is 839 g/mol. The minimum atomic E-state index is -0.820. The standard InChI is InChI=1S/C56H87FN2O2/c1-3-5-7-9-11-13-15-17-19-21-23-25-27-29-31-33-47-58(48-34-32-30-28-26-24-22-20-18-16-14-12-10-8-6-4-2)54-44-42-53(43-45-54)52-40-37-50(38-41-52)35-36-51-39-46-56(59(60)61)55(57)49-51/h35-46,49H,3-34,47-48H2,1-2H3/b36-35+. The molecule has 0 fully saturated rings. The van der Waals surface area contributed by atoms with E-state index in [-0.39, 0.29) is 0 Å². The molecule has 0 amide bonds. The van der Waals surface area contributed by atoms with Crippen molar-refractivity contribution >= 4 is 23.5 Å². The first-order valence-electron chi connectivity index (χ1n) is 25.6. The van der Waals surface area contributed by atoms with Crippen LogP contribution < -0.4 is 4.90 Å². The van der Waals surface area contributed by atoms with Gasteiger partial charge in [0.1, 0.15) is 0 Å². The fraction of sp³-hybridized carbons (Fsp3) is 0.643. The van der Waals surface area contributed by atoms with Gasteiger partial charge >= 0.3 is 5.69 Å². The first kappa shape index (κ1) is 51.9. The van der Waals surface area contributed by atoms with E-state index in [2.05, 4.69) is 67.3 Å². The van der Waals surface area contributed by atoms with Crippen LogP contribution in [0.15, 0.2) is 66.7 Å². The van der Waals surface area contributed by atoms with Gasteiger partial charge in [-0.1, -0.05) is 255 Å². The highest BCUT2D eigenvalue weighted by Gasteiger charge is 2.13. The highest BCUT2D eigenvalue weighted by molar-refractivity contribution is 5.73. The number of nitro benzene ring substituents is 1. The second kappa shape index (κ2) is 35.0. The van der Waals surface area contributed by atoms with Crippen molar-refractivity contribution in [3.05, 3.63) is 93.8 Å². The van der Waals surface area contributed by atoms with Crippen molar-refractivity contribution in [3.8, 4) is 11.1 Å². The molecular formula is C56H87FN2O2. The molecule has 340 valence electrons. The van der Waals surface area contributed by atoms with Gasteiger partial charge in [0.25, 0.3) is 0 Å².